The van der Waals surface area contributed by atoms with E-state index in [1.54, 1.807) is 6.07 Å². The zero-order valence-corrected chi connectivity index (χ0v) is 10.5. The molecular formula is C13H9N3OS. The van der Waals surface area contributed by atoms with Crippen molar-refractivity contribution in [1.29, 1.82) is 10.5 Å². The van der Waals surface area contributed by atoms with E-state index in [-0.39, 0.29) is 12.0 Å². The largest absolute Gasteiger partial charge is 0.337 e. The summed E-state index contributed by atoms with van der Waals surface area (Å²) in [6.45, 7) is 0. The summed E-state index contributed by atoms with van der Waals surface area (Å²) in [5.74, 6) is -0.429. The van der Waals surface area contributed by atoms with E-state index in [9.17, 15) is 4.79 Å². The Morgan fingerprint density at radius 2 is 2.11 bits per heavy atom. The predicted octanol–water partition coefficient (Wildman–Crippen LogP) is 2.45. The highest BCUT2D eigenvalue weighted by molar-refractivity contribution is 8.03. The molecule has 4 nitrogen and oxygen atoms in total. The average molecular weight is 255 g/mol. The Bertz CT molecular complexity index is 622. The van der Waals surface area contributed by atoms with Crippen LogP contribution in [-0.4, -0.2) is 12.8 Å². The van der Waals surface area contributed by atoms with Crippen LogP contribution in [0.15, 0.2) is 39.8 Å². The zero-order valence-electron chi connectivity index (χ0n) is 9.67. The first-order valence-corrected chi connectivity index (χ1v) is 6.05. The van der Waals surface area contributed by atoms with Crippen LogP contribution in [0.2, 0.25) is 0 Å². The number of nitriles is 2. The van der Waals surface area contributed by atoms with E-state index >= 15 is 0 Å². The molecule has 0 saturated heterocycles. The Labute approximate surface area is 109 Å². The molecule has 18 heavy (non-hydrogen) atoms. The lowest BCUT2D eigenvalue weighted by Gasteiger charge is -2.14. The van der Waals surface area contributed by atoms with Crippen molar-refractivity contribution < 1.29 is 4.79 Å². The second-order valence-electron chi connectivity index (χ2n) is 3.68. The van der Waals surface area contributed by atoms with Crippen LogP contribution in [0.5, 0.6) is 0 Å². The van der Waals surface area contributed by atoms with Crippen LogP contribution in [-0.2, 0) is 4.79 Å². The molecule has 1 aromatic rings. The number of nitrogens with zero attached hydrogens (tertiary/aromatic N) is 3. The lowest BCUT2D eigenvalue weighted by molar-refractivity contribution is -0.114. The average Bonchev–Trinajstić information content (AvgIpc) is 2.69. The maximum atomic E-state index is 11.7. The third-order valence-electron chi connectivity index (χ3n) is 2.58. The molecule has 2 rings (SSSR count). The second kappa shape index (κ2) is 4.95. The number of ketones is 1. The van der Waals surface area contributed by atoms with Gasteiger partial charge in [0.05, 0.1) is 18.2 Å². The predicted molar refractivity (Wildman–Crippen MR) is 68.6 cm³/mol. The number of carbonyl (C=O) groups excluding carboxylic acids is 1. The number of hydrogen-bond donors (Lipinski definition) is 0. The first kappa shape index (κ1) is 12.2. The Hall–Kier alpha value is -2.24. The Morgan fingerprint density at radius 3 is 2.72 bits per heavy atom. The SMILES string of the molecule is CN1/C(=C(/C#N)C(=O)CC#N)Sc2ccccc21. The second-order valence-corrected chi connectivity index (χ2v) is 4.71. The van der Waals surface area contributed by atoms with Crippen LogP contribution in [0.25, 0.3) is 0 Å². The molecule has 1 heterocycles. The van der Waals surface area contributed by atoms with Crippen molar-refractivity contribution in [3.05, 3.63) is 34.9 Å². The molecule has 0 aromatic heterocycles. The number of carbonyl (C=O) groups is 1. The molecule has 0 saturated carbocycles. The number of Topliss-reactive ketones (excluding diaryl/α,β-unsaturated/α-hetero) is 1. The van der Waals surface area contributed by atoms with E-state index in [0.717, 1.165) is 10.6 Å². The number of thioether (sulfide) groups is 1. The van der Waals surface area contributed by atoms with Gasteiger partial charge in [0.15, 0.2) is 5.78 Å². The number of fused-ring (bicyclic) bond motifs is 1. The molecule has 0 N–H and O–H groups in total. The molecule has 0 aliphatic carbocycles. The lowest BCUT2D eigenvalue weighted by atomic mass is 10.1. The molecule has 5 heteroatoms. The minimum absolute atomic E-state index is 0.0558. The van der Waals surface area contributed by atoms with Crippen molar-refractivity contribution in [2.75, 3.05) is 11.9 Å². The van der Waals surface area contributed by atoms with Gasteiger partial charge in [0.1, 0.15) is 16.7 Å². The molecule has 1 aliphatic rings. The topological polar surface area (TPSA) is 67.9 Å². The highest BCUT2D eigenvalue weighted by Crippen LogP contribution is 2.46. The molecule has 0 fully saturated rings. The summed E-state index contributed by atoms with van der Waals surface area (Å²) in [4.78, 5) is 14.5. The summed E-state index contributed by atoms with van der Waals surface area (Å²) >= 11 is 1.38. The van der Waals surface area contributed by atoms with Crippen LogP contribution in [0, 0.1) is 22.7 Å². The smallest absolute Gasteiger partial charge is 0.190 e. The monoisotopic (exact) mass is 255 g/mol. The lowest BCUT2D eigenvalue weighted by Crippen LogP contribution is -2.15. The third kappa shape index (κ3) is 1.97. The molecule has 0 amide bonds. The minimum Gasteiger partial charge on any atom is -0.337 e. The third-order valence-corrected chi connectivity index (χ3v) is 3.82. The van der Waals surface area contributed by atoms with Gasteiger partial charge in [-0.2, -0.15) is 10.5 Å². The Kier molecular flexibility index (Phi) is 3.36. The highest BCUT2D eigenvalue weighted by Gasteiger charge is 2.27. The minimum atomic E-state index is -0.429. The Morgan fingerprint density at radius 1 is 1.39 bits per heavy atom. The molecule has 0 radical (unpaired) electrons. The van der Waals surface area contributed by atoms with Gasteiger partial charge in [-0.1, -0.05) is 23.9 Å². The summed E-state index contributed by atoms with van der Waals surface area (Å²) in [7, 11) is 1.81. The Balaban J connectivity index is 2.46. The molecule has 0 spiro atoms. The first-order valence-electron chi connectivity index (χ1n) is 5.24. The number of allylic oxidation sites excluding steroid dienone is 1. The van der Waals surface area contributed by atoms with Gasteiger partial charge in [-0.15, -0.1) is 0 Å². The fraction of sp³-hybridized carbons (Fsp3) is 0.154. The van der Waals surface area contributed by atoms with Crippen LogP contribution in [0.3, 0.4) is 0 Å². The highest BCUT2D eigenvalue weighted by atomic mass is 32.2. The van der Waals surface area contributed by atoms with Crippen LogP contribution in [0.4, 0.5) is 5.69 Å². The number of hydrogen-bond acceptors (Lipinski definition) is 5. The maximum Gasteiger partial charge on any atom is 0.190 e. The number of rotatable bonds is 2. The van der Waals surface area contributed by atoms with Crippen molar-refractivity contribution in [2.45, 2.75) is 11.3 Å². The van der Waals surface area contributed by atoms with Crippen molar-refractivity contribution in [3.8, 4) is 12.1 Å². The van der Waals surface area contributed by atoms with Gasteiger partial charge < -0.3 is 4.90 Å². The van der Waals surface area contributed by atoms with E-state index in [2.05, 4.69) is 0 Å². The normalized spacial score (nSPS) is 15.6. The fourth-order valence-corrected chi connectivity index (χ4v) is 2.87. The standard InChI is InChI=1S/C13H9N3OS/c1-16-10-4-2-3-5-12(10)18-13(16)9(8-15)11(17)6-7-14/h2-5H,6H2,1H3/b13-9+. The van der Waals surface area contributed by atoms with E-state index in [1.807, 2.05) is 42.3 Å². The molecular weight excluding hydrogens is 246 g/mol. The fourth-order valence-electron chi connectivity index (χ4n) is 1.71. The molecule has 1 aliphatic heterocycles. The molecule has 0 unspecified atom stereocenters. The van der Waals surface area contributed by atoms with E-state index < -0.39 is 5.78 Å². The van der Waals surface area contributed by atoms with Crippen LogP contribution < -0.4 is 4.90 Å². The van der Waals surface area contributed by atoms with E-state index in [1.165, 1.54) is 11.8 Å². The van der Waals surface area contributed by atoms with Crippen LogP contribution in [0.1, 0.15) is 6.42 Å². The number of anilines is 1. The molecule has 1 aromatic carbocycles. The first-order chi connectivity index (χ1) is 8.69. The van der Waals surface area contributed by atoms with Crippen molar-refractivity contribution in [3.63, 3.8) is 0 Å². The van der Waals surface area contributed by atoms with Gasteiger partial charge in [0.25, 0.3) is 0 Å². The summed E-state index contributed by atoms with van der Waals surface area (Å²) in [6.07, 6.45) is -0.267. The van der Waals surface area contributed by atoms with Gasteiger partial charge in [-0.25, -0.2) is 0 Å². The molecule has 0 bridgehead atoms. The van der Waals surface area contributed by atoms with Crippen molar-refractivity contribution >= 4 is 23.2 Å². The summed E-state index contributed by atoms with van der Waals surface area (Å²) in [6, 6.07) is 11.4. The van der Waals surface area contributed by atoms with Gasteiger partial charge >= 0.3 is 0 Å². The molecule has 88 valence electrons. The maximum absolute atomic E-state index is 11.7. The zero-order chi connectivity index (χ0) is 13.1. The van der Waals surface area contributed by atoms with Crippen LogP contribution >= 0.6 is 11.8 Å². The van der Waals surface area contributed by atoms with E-state index in [0.29, 0.717) is 5.03 Å². The van der Waals surface area contributed by atoms with Gasteiger partial charge in [0, 0.05) is 11.9 Å². The number of para-hydroxylation sites is 1. The quantitative estimate of drug-likeness (QED) is 0.599. The molecule has 0 atom stereocenters. The van der Waals surface area contributed by atoms with E-state index in [4.69, 9.17) is 10.5 Å². The van der Waals surface area contributed by atoms with Crippen molar-refractivity contribution in [1.82, 2.24) is 0 Å². The van der Waals surface area contributed by atoms with Gasteiger partial charge in [0.2, 0.25) is 0 Å². The summed E-state index contributed by atoms with van der Waals surface area (Å²) in [5.41, 5.74) is 1.02. The summed E-state index contributed by atoms with van der Waals surface area (Å²) in [5, 5.41) is 18.2. The van der Waals surface area contributed by atoms with Crippen molar-refractivity contribution in [2.24, 2.45) is 0 Å². The van der Waals surface area contributed by atoms with Gasteiger partial charge in [-0.05, 0) is 12.1 Å². The summed E-state index contributed by atoms with van der Waals surface area (Å²) < 4.78 is 0. The number of benzene rings is 1. The van der Waals surface area contributed by atoms with Gasteiger partial charge in [-0.3, -0.25) is 4.79 Å².